The Morgan fingerprint density at radius 1 is 0.879 bits per heavy atom. The molecule has 2 nitrogen and oxygen atoms in total. The lowest BCUT2D eigenvalue weighted by Crippen LogP contribution is -2.26. The summed E-state index contributed by atoms with van der Waals surface area (Å²) >= 11 is 0. The van der Waals surface area contributed by atoms with E-state index >= 15 is 0 Å². The van der Waals surface area contributed by atoms with Crippen molar-refractivity contribution in [2.24, 2.45) is 17.8 Å². The zero-order valence-corrected chi connectivity index (χ0v) is 20.3. The molecule has 3 rings (SSSR count). The number of aryl methyl sites for hydroxylation is 1. The number of allylic oxidation sites excluding steroid dienone is 2. The first-order chi connectivity index (χ1) is 16.1. The van der Waals surface area contributed by atoms with E-state index in [0.717, 1.165) is 50.5 Å². The first-order valence-electron chi connectivity index (χ1n) is 13.2. The Morgan fingerprint density at radius 3 is 2.09 bits per heavy atom. The lowest BCUT2D eigenvalue weighted by atomic mass is 9.80. The van der Waals surface area contributed by atoms with Crippen LogP contribution in [0, 0.1) is 40.7 Å². The fraction of sp³-hybridized carbons (Fsp3) is 0.690. The van der Waals surface area contributed by atoms with Crippen molar-refractivity contribution in [1.82, 2.24) is 0 Å². The lowest BCUT2D eigenvalue weighted by Gasteiger charge is -2.32. The minimum absolute atomic E-state index is 0.382. The van der Waals surface area contributed by atoms with E-state index in [4.69, 9.17) is 10.00 Å². The molecule has 0 N–H and O–H groups in total. The van der Waals surface area contributed by atoms with Crippen molar-refractivity contribution in [1.29, 1.82) is 5.26 Å². The summed E-state index contributed by atoms with van der Waals surface area (Å²) in [6.07, 6.45) is 21.5. The molecule has 0 bridgehead atoms. The van der Waals surface area contributed by atoms with E-state index in [1.54, 1.807) is 6.07 Å². The van der Waals surface area contributed by atoms with Gasteiger partial charge in [0.2, 0.25) is 0 Å². The Bertz CT molecular complexity index is 760. The molecule has 0 unspecified atom stereocenters. The highest BCUT2D eigenvalue weighted by atomic mass is 19.1. The van der Waals surface area contributed by atoms with Gasteiger partial charge in [-0.15, -0.1) is 0 Å². The van der Waals surface area contributed by atoms with Gasteiger partial charge in [-0.3, -0.25) is 0 Å². The van der Waals surface area contributed by atoms with Crippen LogP contribution in [0.5, 0.6) is 0 Å². The quantitative estimate of drug-likeness (QED) is 0.313. The normalized spacial score (nSPS) is 25.9. The molecule has 0 atom stereocenters. The van der Waals surface area contributed by atoms with Gasteiger partial charge in [0.15, 0.2) is 0 Å². The monoisotopic (exact) mass is 457 g/mol. The molecular formula is C29H41F2NO. The lowest BCUT2D eigenvalue weighted by molar-refractivity contribution is -0.0101. The molecule has 0 radical (unpaired) electrons. The van der Waals surface area contributed by atoms with Gasteiger partial charge in [0.05, 0.1) is 6.10 Å². The minimum atomic E-state index is -0.748. The maximum absolute atomic E-state index is 13.8. The third-order valence-corrected chi connectivity index (χ3v) is 7.75. The molecule has 182 valence electrons. The summed E-state index contributed by atoms with van der Waals surface area (Å²) in [7, 11) is 0. The van der Waals surface area contributed by atoms with Crippen LogP contribution in [-0.2, 0) is 11.2 Å². The summed E-state index contributed by atoms with van der Waals surface area (Å²) in [6, 6.07) is 4.21. The van der Waals surface area contributed by atoms with Gasteiger partial charge >= 0.3 is 0 Å². The van der Waals surface area contributed by atoms with Crippen molar-refractivity contribution in [2.75, 3.05) is 6.61 Å². The number of halogens is 2. The predicted octanol–water partition coefficient (Wildman–Crippen LogP) is 8.29. The van der Waals surface area contributed by atoms with E-state index in [1.807, 2.05) is 0 Å². The number of rotatable bonds is 11. The Balaban J connectivity index is 1.27. The maximum Gasteiger partial charge on any atom is 0.144 e. The molecular weight excluding hydrogens is 416 g/mol. The highest BCUT2D eigenvalue weighted by Gasteiger charge is 2.25. The van der Waals surface area contributed by atoms with Crippen LogP contribution in [0.1, 0.15) is 102 Å². The molecule has 0 amide bonds. The molecule has 0 spiro atoms. The molecule has 2 aliphatic rings. The van der Waals surface area contributed by atoms with Gasteiger partial charge in [0.25, 0.3) is 0 Å². The van der Waals surface area contributed by atoms with Gasteiger partial charge in [-0.2, -0.15) is 5.26 Å². The number of hydrogen-bond donors (Lipinski definition) is 0. The third kappa shape index (κ3) is 8.53. The zero-order chi connectivity index (χ0) is 23.5. The largest absolute Gasteiger partial charge is 0.378 e. The fourth-order valence-corrected chi connectivity index (χ4v) is 5.53. The Labute approximate surface area is 199 Å². The van der Waals surface area contributed by atoms with Crippen molar-refractivity contribution in [3.05, 3.63) is 47.0 Å². The Hall–Kier alpha value is -1.73. The number of ether oxygens (including phenoxy) is 1. The topological polar surface area (TPSA) is 33.0 Å². The number of benzene rings is 1. The SMILES string of the molecule is CCC/C=C/CCC1CCC(COC2CCC(CCc3cc(F)c(C#N)c(F)c3)CC2)CC1. The summed E-state index contributed by atoms with van der Waals surface area (Å²) in [5.74, 6) is 0.732. The average molecular weight is 458 g/mol. The number of unbranched alkanes of at least 4 members (excludes halogenated alkanes) is 1. The van der Waals surface area contributed by atoms with Crippen molar-refractivity contribution in [3.8, 4) is 6.07 Å². The van der Waals surface area contributed by atoms with Gasteiger partial charge < -0.3 is 4.74 Å². The first-order valence-corrected chi connectivity index (χ1v) is 13.2. The molecule has 2 fully saturated rings. The number of hydrogen-bond acceptors (Lipinski definition) is 2. The summed E-state index contributed by atoms with van der Waals surface area (Å²) in [4.78, 5) is 0. The molecule has 0 saturated heterocycles. The fourth-order valence-electron chi connectivity index (χ4n) is 5.53. The highest BCUT2D eigenvalue weighted by Crippen LogP contribution is 2.34. The summed E-state index contributed by atoms with van der Waals surface area (Å²) in [6.45, 7) is 3.15. The second-order valence-electron chi connectivity index (χ2n) is 10.3. The van der Waals surface area contributed by atoms with E-state index in [1.165, 1.54) is 63.5 Å². The Morgan fingerprint density at radius 2 is 1.45 bits per heavy atom. The molecule has 1 aromatic carbocycles. The van der Waals surface area contributed by atoms with Gasteiger partial charge in [0.1, 0.15) is 23.3 Å². The summed E-state index contributed by atoms with van der Waals surface area (Å²) in [5, 5.41) is 8.80. The standard InChI is InChI=1S/C29H41F2NO/c1-2-3-4-5-6-7-22-8-11-24(12-9-22)21-33-26-16-14-23(15-17-26)10-13-25-18-28(30)27(20-32)29(31)19-25/h4-5,18-19,22-24,26H,2-3,6-17,21H2,1H3/b5-4+. The molecule has 2 aliphatic carbocycles. The van der Waals surface area contributed by atoms with Crippen LogP contribution in [-0.4, -0.2) is 12.7 Å². The number of nitriles is 1. The summed E-state index contributed by atoms with van der Waals surface area (Å²) < 4.78 is 33.9. The van der Waals surface area contributed by atoms with E-state index in [-0.39, 0.29) is 0 Å². The zero-order valence-electron chi connectivity index (χ0n) is 20.3. The van der Waals surface area contributed by atoms with Crippen LogP contribution >= 0.6 is 0 Å². The second kappa shape index (κ2) is 13.9. The maximum atomic E-state index is 13.8. The van der Waals surface area contributed by atoms with Crippen LogP contribution in [0.25, 0.3) is 0 Å². The number of nitrogens with zero attached hydrogens (tertiary/aromatic N) is 1. The van der Waals surface area contributed by atoms with Crippen LogP contribution < -0.4 is 0 Å². The smallest absolute Gasteiger partial charge is 0.144 e. The van der Waals surface area contributed by atoms with E-state index in [0.29, 0.717) is 24.0 Å². The molecule has 2 saturated carbocycles. The molecule has 0 aromatic heterocycles. The van der Waals surface area contributed by atoms with Gasteiger partial charge in [-0.1, -0.05) is 38.3 Å². The van der Waals surface area contributed by atoms with Crippen molar-refractivity contribution >= 4 is 0 Å². The summed E-state index contributed by atoms with van der Waals surface area (Å²) in [5.41, 5.74) is 0.166. The van der Waals surface area contributed by atoms with E-state index in [2.05, 4.69) is 19.1 Å². The molecule has 0 heterocycles. The van der Waals surface area contributed by atoms with Crippen LogP contribution in [0.15, 0.2) is 24.3 Å². The molecule has 33 heavy (non-hydrogen) atoms. The minimum Gasteiger partial charge on any atom is -0.378 e. The van der Waals surface area contributed by atoms with Crippen LogP contribution in [0.3, 0.4) is 0 Å². The van der Waals surface area contributed by atoms with Crippen molar-refractivity contribution < 1.29 is 13.5 Å². The highest BCUT2D eigenvalue weighted by molar-refractivity contribution is 5.35. The van der Waals surface area contributed by atoms with Crippen molar-refractivity contribution in [2.45, 2.75) is 103 Å². The predicted molar refractivity (Wildman–Crippen MR) is 130 cm³/mol. The van der Waals surface area contributed by atoms with Gasteiger partial charge in [-0.25, -0.2) is 8.78 Å². The second-order valence-corrected chi connectivity index (χ2v) is 10.3. The van der Waals surface area contributed by atoms with Gasteiger partial charge in [-0.05, 0) is 106 Å². The van der Waals surface area contributed by atoms with E-state index in [9.17, 15) is 8.78 Å². The molecule has 1 aromatic rings. The van der Waals surface area contributed by atoms with Gasteiger partial charge in [0, 0.05) is 6.61 Å². The first kappa shape index (κ1) is 25.9. The Kier molecular flexibility index (Phi) is 10.9. The van der Waals surface area contributed by atoms with E-state index < -0.39 is 17.2 Å². The average Bonchev–Trinajstić information content (AvgIpc) is 2.82. The van der Waals surface area contributed by atoms with Crippen LogP contribution in [0.2, 0.25) is 0 Å². The molecule has 0 aliphatic heterocycles. The van der Waals surface area contributed by atoms with Crippen molar-refractivity contribution in [3.63, 3.8) is 0 Å². The van der Waals surface area contributed by atoms with Crippen LogP contribution in [0.4, 0.5) is 8.78 Å². The molecule has 4 heteroatoms. The third-order valence-electron chi connectivity index (χ3n) is 7.75.